The van der Waals surface area contributed by atoms with Gasteiger partial charge in [-0.25, -0.2) is 9.18 Å². The third kappa shape index (κ3) is 3.31. The predicted molar refractivity (Wildman–Crippen MR) is 77.6 cm³/mol. The molecule has 110 valence electrons. The Morgan fingerprint density at radius 1 is 1.29 bits per heavy atom. The number of para-hydroxylation sites is 1. The van der Waals surface area contributed by atoms with Crippen LogP contribution in [0, 0.1) is 12.7 Å². The number of hydrogen-bond acceptors (Lipinski definition) is 4. The van der Waals surface area contributed by atoms with Crippen LogP contribution in [0.1, 0.15) is 17.2 Å². The lowest BCUT2D eigenvalue weighted by Crippen LogP contribution is -2.22. The zero-order valence-corrected chi connectivity index (χ0v) is 11.8. The summed E-state index contributed by atoms with van der Waals surface area (Å²) in [6.45, 7) is 1.90. The number of aryl methyl sites for hydroxylation is 1. The van der Waals surface area contributed by atoms with Crippen LogP contribution in [0.4, 0.5) is 10.1 Å². The van der Waals surface area contributed by atoms with E-state index in [1.807, 2.05) is 31.2 Å². The van der Waals surface area contributed by atoms with Gasteiger partial charge < -0.3 is 15.2 Å². The second-order valence-electron chi connectivity index (χ2n) is 4.63. The third-order valence-electron chi connectivity index (χ3n) is 3.19. The van der Waals surface area contributed by atoms with Gasteiger partial charge in [0.05, 0.1) is 7.11 Å². The number of esters is 1. The van der Waals surface area contributed by atoms with Crippen molar-refractivity contribution >= 4 is 11.7 Å². The molecule has 5 heteroatoms. The monoisotopic (exact) mass is 289 g/mol. The second kappa shape index (κ2) is 6.26. The number of aromatic hydroxyl groups is 1. The molecule has 0 radical (unpaired) electrons. The van der Waals surface area contributed by atoms with Gasteiger partial charge in [-0.1, -0.05) is 24.3 Å². The molecule has 2 rings (SSSR count). The number of rotatable bonds is 4. The molecular formula is C16H16FNO3. The van der Waals surface area contributed by atoms with Crippen molar-refractivity contribution in [2.75, 3.05) is 12.4 Å². The van der Waals surface area contributed by atoms with Crippen LogP contribution < -0.4 is 5.32 Å². The molecule has 0 amide bonds. The molecule has 2 aromatic rings. The average molecular weight is 289 g/mol. The van der Waals surface area contributed by atoms with Crippen LogP contribution in [0.2, 0.25) is 0 Å². The van der Waals surface area contributed by atoms with Crippen LogP contribution in [0.15, 0.2) is 42.5 Å². The van der Waals surface area contributed by atoms with Crippen molar-refractivity contribution in [2.45, 2.75) is 13.0 Å². The lowest BCUT2D eigenvalue weighted by Gasteiger charge is -2.19. The molecule has 0 aromatic heterocycles. The molecule has 2 aromatic carbocycles. The maximum atomic E-state index is 13.5. The topological polar surface area (TPSA) is 58.6 Å². The van der Waals surface area contributed by atoms with Crippen molar-refractivity contribution in [3.63, 3.8) is 0 Å². The first-order chi connectivity index (χ1) is 10.0. The number of nitrogens with one attached hydrogen (secondary N) is 1. The highest BCUT2D eigenvalue weighted by atomic mass is 19.1. The number of anilines is 1. The first-order valence-corrected chi connectivity index (χ1v) is 6.41. The number of carbonyl (C=O) groups is 1. The van der Waals surface area contributed by atoms with Crippen LogP contribution in [-0.4, -0.2) is 18.2 Å². The van der Waals surface area contributed by atoms with Crippen LogP contribution in [0.25, 0.3) is 0 Å². The van der Waals surface area contributed by atoms with E-state index < -0.39 is 23.6 Å². The molecule has 0 aliphatic carbocycles. The Bertz CT molecular complexity index is 658. The van der Waals surface area contributed by atoms with E-state index in [2.05, 4.69) is 5.32 Å². The Labute approximate surface area is 122 Å². The summed E-state index contributed by atoms with van der Waals surface area (Å²) in [4.78, 5) is 12.0. The van der Waals surface area contributed by atoms with Crippen LogP contribution >= 0.6 is 0 Å². The van der Waals surface area contributed by atoms with Crippen molar-refractivity contribution in [2.24, 2.45) is 0 Å². The number of phenols is 1. The van der Waals surface area contributed by atoms with Crippen LogP contribution in [0.5, 0.6) is 5.75 Å². The molecule has 1 atom stereocenters. The SMILES string of the molecule is COC(=O)C(Nc1ccccc1C)c1ccc(O)c(F)c1. The summed E-state index contributed by atoms with van der Waals surface area (Å²) in [6, 6.07) is 10.4. The Balaban J connectivity index is 2.37. The summed E-state index contributed by atoms with van der Waals surface area (Å²) in [5.74, 6) is -1.78. The van der Waals surface area contributed by atoms with Crippen molar-refractivity contribution in [3.05, 3.63) is 59.4 Å². The minimum Gasteiger partial charge on any atom is -0.505 e. The summed E-state index contributed by atoms with van der Waals surface area (Å²) in [5, 5.41) is 12.3. The summed E-state index contributed by atoms with van der Waals surface area (Å²) >= 11 is 0. The van der Waals surface area contributed by atoms with E-state index in [0.29, 0.717) is 5.56 Å². The molecule has 0 aliphatic rings. The van der Waals surface area contributed by atoms with E-state index in [9.17, 15) is 14.3 Å². The van der Waals surface area contributed by atoms with E-state index in [1.54, 1.807) is 0 Å². The molecule has 0 spiro atoms. The number of phenolic OH excluding ortho intramolecular Hbond substituents is 1. The molecule has 4 nitrogen and oxygen atoms in total. The second-order valence-corrected chi connectivity index (χ2v) is 4.63. The molecule has 0 fully saturated rings. The molecule has 0 bridgehead atoms. The van der Waals surface area contributed by atoms with Gasteiger partial charge in [0, 0.05) is 5.69 Å². The summed E-state index contributed by atoms with van der Waals surface area (Å²) < 4.78 is 18.3. The number of carbonyl (C=O) groups excluding carboxylic acids is 1. The Kier molecular flexibility index (Phi) is 4.42. The fraction of sp³-hybridized carbons (Fsp3) is 0.188. The standard InChI is InChI=1S/C16H16FNO3/c1-10-5-3-4-6-13(10)18-15(16(20)21-2)11-7-8-14(19)12(17)9-11/h3-9,15,18-19H,1-2H3. The van der Waals surface area contributed by atoms with Gasteiger partial charge in [0.2, 0.25) is 0 Å². The number of hydrogen-bond donors (Lipinski definition) is 2. The van der Waals surface area contributed by atoms with Gasteiger partial charge in [-0.3, -0.25) is 0 Å². The molecule has 0 heterocycles. The van der Waals surface area contributed by atoms with Crippen molar-refractivity contribution in [3.8, 4) is 5.75 Å². The maximum absolute atomic E-state index is 13.5. The van der Waals surface area contributed by atoms with Gasteiger partial charge in [-0.2, -0.15) is 0 Å². The van der Waals surface area contributed by atoms with Gasteiger partial charge in [0.15, 0.2) is 17.6 Å². The highest BCUT2D eigenvalue weighted by molar-refractivity contribution is 5.81. The average Bonchev–Trinajstić information content (AvgIpc) is 2.48. The molecule has 21 heavy (non-hydrogen) atoms. The zero-order valence-electron chi connectivity index (χ0n) is 11.8. The normalized spacial score (nSPS) is 11.8. The first-order valence-electron chi connectivity index (χ1n) is 6.41. The predicted octanol–water partition coefficient (Wildman–Crippen LogP) is 3.17. The molecule has 2 N–H and O–H groups in total. The number of benzene rings is 2. The minimum absolute atomic E-state index is 0.375. The molecule has 0 aliphatic heterocycles. The van der Waals surface area contributed by atoms with E-state index in [-0.39, 0.29) is 0 Å². The lowest BCUT2D eigenvalue weighted by molar-refractivity contribution is -0.141. The third-order valence-corrected chi connectivity index (χ3v) is 3.19. The van der Waals surface area contributed by atoms with E-state index >= 15 is 0 Å². The fourth-order valence-corrected chi connectivity index (χ4v) is 1.99. The molecule has 1 unspecified atom stereocenters. The zero-order chi connectivity index (χ0) is 15.4. The highest BCUT2D eigenvalue weighted by Crippen LogP contribution is 2.26. The molecule has 0 saturated heterocycles. The molecule has 0 saturated carbocycles. The number of methoxy groups -OCH3 is 1. The lowest BCUT2D eigenvalue weighted by atomic mass is 10.1. The van der Waals surface area contributed by atoms with E-state index in [0.717, 1.165) is 17.3 Å². The van der Waals surface area contributed by atoms with Gasteiger partial charge in [-0.15, -0.1) is 0 Å². The highest BCUT2D eigenvalue weighted by Gasteiger charge is 2.23. The van der Waals surface area contributed by atoms with Crippen LogP contribution in [-0.2, 0) is 9.53 Å². The number of ether oxygens (including phenoxy) is 1. The first kappa shape index (κ1) is 14.8. The Hall–Kier alpha value is -2.56. The van der Waals surface area contributed by atoms with Crippen molar-refractivity contribution < 1.29 is 19.0 Å². The van der Waals surface area contributed by atoms with Crippen molar-refractivity contribution in [1.82, 2.24) is 0 Å². The summed E-state index contributed by atoms with van der Waals surface area (Å²) in [6.07, 6.45) is 0. The quantitative estimate of drug-likeness (QED) is 0.849. The molecular weight excluding hydrogens is 273 g/mol. The fourth-order valence-electron chi connectivity index (χ4n) is 1.99. The van der Waals surface area contributed by atoms with Gasteiger partial charge >= 0.3 is 5.97 Å². The smallest absolute Gasteiger partial charge is 0.332 e. The Morgan fingerprint density at radius 2 is 2.00 bits per heavy atom. The van der Waals surface area contributed by atoms with Gasteiger partial charge in [-0.05, 0) is 36.2 Å². The van der Waals surface area contributed by atoms with E-state index in [1.165, 1.54) is 19.2 Å². The van der Waals surface area contributed by atoms with Gasteiger partial charge in [0.25, 0.3) is 0 Å². The van der Waals surface area contributed by atoms with Gasteiger partial charge in [0.1, 0.15) is 0 Å². The summed E-state index contributed by atoms with van der Waals surface area (Å²) in [7, 11) is 1.27. The number of halogens is 1. The van der Waals surface area contributed by atoms with Crippen molar-refractivity contribution in [1.29, 1.82) is 0 Å². The maximum Gasteiger partial charge on any atom is 0.332 e. The Morgan fingerprint density at radius 3 is 2.62 bits per heavy atom. The van der Waals surface area contributed by atoms with Crippen LogP contribution in [0.3, 0.4) is 0 Å². The minimum atomic E-state index is -0.855. The summed E-state index contributed by atoms with van der Waals surface area (Å²) in [5.41, 5.74) is 2.08. The largest absolute Gasteiger partial charge is 0.505 e. The van der Waals surface area contributed by atoms with E-state index in [4.69, 9.17) is 4.74 Å².